The number of carbonyl (C=O) groups is 1. The number of aromatic nitrogens is 3. The van der Waals surface area contributed by atoms with Crippen LogP contribution in [0.4, 0.5) is 0 Å². The number of phenolic OH excluding ortho intramolecular Hbond substituents is 1. The molecule has 3 aromatic heterocycles. The molecule has 0 unspecified atom stereocenters. The molecule has 39 heavy (non-hydrogen) atoms. The standard InChI is InChI=1S/C31H29N5O3/c1-39-29-5-3-2-4-24(29)27-19-34-30-25(27)17-23(18-33-30)22-6-7-28(37)26(16-22)31(38)36-14-12-35(13-15-36)20-21-8-10-32-11-9-21/h2-11,16-19,37H,12-15,20H2,1H3,(H,33,34). The molecule has 1 fully saturated rings. The average molecular weight is 520 g/mol. The average Bonchev–Trinajstić information content (AvgIpc) is 3.41. The Labute approximate surface area is 226 Å². The van der Waals surface area contributed by atoms with Crippen molar-refractivity contribution in [2.24, 2.45) is 0 Å². The SMILES string of the molecule is COc1ccccc1-c1c[nH]c2ncc(-c3ccc(O)c(C(=O)N4CCN(Cc5ccncc5)CC4)c3)cc12. The van der Waals surface area contributed by atoms with Gasteiger partial charge in [-0.1, -0.05) is 24.3 Å². The Morgan fingerprint density at radius 1 is 0.974 bits per heavy atom. The van der Waals surface area contributed by atoms with E-state index in [1.54, 1.807) is 37.8 Å². The van der Waals surface area contributed by atoms with E-state index in [2.05, 4.69) is 25.9 Å². The van der Waals surface area contributed by atoms with Gasteiger partial charge >= 0.3 is 0 Å². The number of fused-ring (bicyclic) bond motifs is 1. The van der Waals surface area contributed by atoms with E-state index in [9.17, 15) is 9.90 Å². The van der Waals surface area contributed by atoms with Crippen molar-refractivity contribution in [2.75, 3.05) is 33.3 Å². The Morgan fingerprint density at radius 2 is 1.77 bits per heavy atom. The first-order chi connectivity index (χ1) is 19.1. The lowest BCUT2D eigenvalue weighted by molar-refractivity contribution is 0.0625. The van der Waals surface area contributed by atoms with Crippen LogP contribution >= 0.6 is 0 Å². The summed E-state index contributed by atoms with van der Waals surface area (Å²) in [7, 11) is 1.66. The van der Waals surface area contributed by atoms with Crippen LogP contribution in [0.3, 0.4) is 0 Å². The molecule has 1 aliphatic heterocycles. The lowest BCUT2D eigenvalue weighted by Gasteiger charge is -2.35. The summed E-state index contributed by atoms with van der Waals surface area (Å²) in [5.74, 6) is 0.596. The summed E-state index contributed by atoms with van der Waals surface area (Å²) in [6.07, 6.45) is 7.31. The molecule has 5 aromatic rings. The van der Waals surface area contributed by atoms with Gasteiger partial charge < -0.3 is 19.7 Å². The molecule has 196 valence electrons. The Hall–Kier alpha value is -4.69. The fourth-order valence-electron chi connectivity index (χ4n) is 5.16. The van der Waals surface area contributed by atoms with Crippen molar-refractivity contribution in [2.45, 2.75) is 6.54 Å². The number of hydrogen-bond acceptors (Lipinski definition) is 6. The molecular formula is C31H29N5O3. The summed E-state index contributed by atoms with van der Waals surface area (Å²) in [5.41, 5.74) is 5.89. The van der Waals surface area contributed by atoms with E-state index in [1.807, 2.05) is 53.6 Å². The third kappa shape index (κ3) is 4.94. The first-order valence-electron chi connectivity index (χ1n) is 12.9. The Morgan fingerprint density at radius 3 is 2.56 bits per heavy atom. The van der Waals surface area contributed by atoms with Crippen LogP contribution in [0.2, 0.25) is 0 Å². The number of hydrogen-bond donors (Lipinski definition) is 2. The van der Waals surface area contributed by atoms with E-state index in [0.717, 1.165) is 58.7 Å². The van der Waals surface area contributed by atoms with Crippen LogP contribution in [0.5, 0.6) is 11.5 Å². The van der Waals surface area contributed by atoms with Crippen molar-refractivity contribution >= 4 is 16.9 Å². The summed E-state index contributed by atoms with van der Waals surface area (Å²) in [5, 5.41) is 11.6. The first kappa shape index (κ1) is 24.6. The van der Waals surface area contributed by atoms with Crippen LogP contribution in [-0.4, -0.2) is 69.1 Å². The summed E-state index contributed by atoms with van der Waals surface area (Å²) in [6, 6.07) is 19.1. The Balaban J connectivity index is 1.24. The number of aromatic hydroxyl groups is 1. The van der Waals surface area contributed by atoms with Crippen molar-refractivity contribution in [3.05, 3.63) is 96.6 Å². The number of aromatic amines is 1. The van der Waals surface area contributed by atoms with Gasteiger partial charge in [0, 0.05) is 79.6 Å². The van der Waals surface area contributed by atoms with E-state index < -0.39 is 0 Å². The topological polar surface area (TPSA) is 94.6 Å². The lowest BCUT2D eigenvalue weighted by atomic mass is 9.99. The van der Waals surface area contributed by atoms with Crippen molar-refractivity contribution in [3.63, 3.8) is 0 Å². The molecule has 1 aliphatic rings. The molecule has 0 aliphatic carbocycles. The van der Waals surface area contributed by atoms with E-state index in [4.69, 9.17) is 4.74 Å². The highest BCUT2D eigenvalue weighted by molar-refractivity contribution is 6.00. The number of pyridine rings is 2. The first-order valence-corrected chi connectivity index (χ1v) is 12.9. The molecule has 2 N–H and O–H groups in total. The van der Waals surface area contributed by atoms with Crippen LogP contribution in [0.15, 0.2) is 85.5 Å². The van der Waals surface area contributed by atoms with Gasteiger partial charge in [-0.3, -0.25) is 14.7 Å². The molecule has 8 heteroatoms. The minimum Gasteiger partial charge on any atom is -0.507 e. The number of amides is 1. The van der Waals surface area contributed by atoms with E-state index in [1.165, 1.54) is 5.56 Å². The number of methoxy groups -OCH3 is 1. The number of piperazine rings is 1. The molecule has 0 radical (unpaired) electrons. The highest BCUT2D eigenvalue weighted by Gasteiger charge is 2.24. The molecule has 0 spiro atoms. The molecule has 8 nitrogen and oxygen atoms in total. The zero-order valence-electron chi connectivity index (χ0n) is 21.7. The number of para-hydroxylation sites is 1. The molecule has 6 rings (SSSR count). The maximum absolute atomic E-state index is 13.5. The predicted molar refractivity (Wildman–Crippen MR) is 151 cm³/mol. The lowest BCUT2D eigenvalue weighted by Crippen LogP contribution is -2.48. The number of nitrogens with one attached hydrogen (secondary N) is 1. The number of phenols is 1. The molecule has 1 saturated heterocycles. The highest BCUT2D eigenvalue weighted by atomic mass is 16.5. The number of H-pyrrole nitrogens is 1. The third-order valence-corrected chi connectivity index (χ3v) is 7.30. The van der Waals surface area contributed by atoms with Crippen molar-refractivity contribution in [1.29, 1.82) is 0 Å². The highest BCUT2D eigenvalue weighted by Crippen LogP contribution is 2.36. The van der Waals surface area contributed by atoms with Gasteiger partial charge in [0.25, 0.3) is 5.91 Å². The van der Waals surface area contributed by atoms with Crippen LogP contribution < -0.4 is 4.74 Å². The van der Waals surface area contributed by atoms with Gasteiger partial charge in [-0.15, -0.1) is 0 Å². The monoisotopic (exact) mass is 519 g/mol. The summed E-state index contributed by atoms with van der Waals surface area (Å²) in [4.78, 5) is 29.5. The van der Waals surface area contributed by atoms with Crippen LogP contribution in [0.1, 0.15) is 15.9 Å². The molecule has 0 atom stereocenters. The van der Waals surface area contributed by atoms with E-state index >= 15 is 0 Å². The number of nitrogens with zero attached hydrogens (tertiary/aromatic N) is 4. The van der Waals surface area contributed by atoms with Gasteiger partial charge in [-0.2, -0.15) is 0 Å². The number of carbonyl (C=O) groups excluding carboxylic acids is 1. The second kappa shape index (κ2) is 10.6. The Kier molecular flexibility index (Phi) is 6.69. The maximum Gasteiger partial charge on any atom is 0.257 e. The Bertz CT molecular complexity index is 1620. The summed E-state index contributed by atoms with van der Waals surface area (Å²) < 4.78 is 5.57. The van der Waals surface area contributed by atoms with Gasteiger partial charge in [0.05, 0.1) is 12.7 Å². The van der Waals surface area contributed by atoms with Crippen molar-refractivity contribution in [1.82, 2.24) is 24.8 Å². The van der Waals surface area contributed by atoms with Gasteiger partial charge in [0.1, 0.15) is 17.1 Å². The molecule has 2 aromatic carbocycles. The van der Waals surface area contributed by atoms with E-state index in [-0.39, 0.29) is 11.7 Å². The molecule has 1 amide bonds. The fourth-order valence-corrected chi connectivity index (χ4v) is 5.16. The molecule has 0 saturated carbocycles. The second-order valence-corrected chi connectivity index (χ2v) is 9.68. The van der Waals surface area contributed by atoms with Gasteiger partial charge in [-0.05, 0) is 47.5 Å². The van der Waals surface area contributed by atoms with Gasteiger partial charge in [0.2, 0.25) is 0 Å². The third-order valence-electron chi connectivity index (χ3n) is 7.30. The van der Waals surface area contributed by atoms with Gasteiger partial charge in [-0.25, -0.2) is 4.98 Å². The van der Waals surface area contributed by atoms with Crippen molar-refractivity contribution < 1.29 is 14.6 Å². The van der Waals surface area contributed by atoms with Crippen LogP contribution in [-0.2, 0) is 6.54 Å². The van der Waals surface area contributed by atoms with E-state index in [0.29, 0.717) is 18.7 Å². The minimum atomic E-state index is -0.164. The largest absolute Gasteiger partial charge is 0.507 e. The smallest absolute Gasteiger partial charge is 0.257 e. The summed E-state index contributed by atoms with van der Waals surface area (Å²) in [6.45, 7) is 3.58. The second-order valence-electron chi connectivity index (χ2n) is 9.68. The molecular weight excluding hydrogens is 490 g/mol. The quantitative estimate of drug-likeness (QED) is 0.329. The zero-order valence-corrected chi connectivity index (χ0v) is 21.7. The minimum absolute atomic E-state index is 0.0200. The number of benzene rings is 2. The predicted octanol–water partition coefficient (Wildman–Crippen LogP) is 4.96. The molecule has 0 bridgehead atoms. The number of ether oxygens (including phenoxy) is 1. The summed E-state index contributed by atoms with van der Waals surface area (Å²) >= 11 is 0. The number of rotatable bonds is 6. The maximum atomic E-state index is 13.5. The normalized spacial score (nSPS) is 14.0. The molecule has 4 heterocycles. The fraction of sp³-hybridized carbons (Fsp3) is 0.194. The van der Waals surface area contributed by atoms with Crippen LogP contribution in [0, 0.1) is 0 Å². The zero-order chi connectivity index (χ0) is 26.8. The van der Waals surface area contributed by atoms with Gasteiger partial charge in [0.15, 0.2) is 0 Å². The van der Waals surface area contributed by atoms with Crippen LogP contribution in [0.25, 0.3) is 33.3 Å². The van der Waals surface area contributed by atoms with Crippen molar-refractivity contribution in [3.8, 4) is 33.8 Å².